The molecular formula is C15H15ClN4O2S. The summed E-state index contributed by atoms with van der Waals surface area (Å²) in [6.07, 6.45) is 7.13. The lowest BCUT2D eigenvalue weighted by Crippen LogP contribution is -2.32. The van der Waals surface area contributed by atoms with Crippen LogP contribution in [-0.4, -0.2) is 50.7 Å². The molecule has 2 aromatic heterocycles. The lowest BCUT2D eigenvalue weighted by molar-refractivity contribution is -0.127. The van der Waals surface area contributed by atoms with Crippen LogP contribution in [0.1, 0.15) is 6.42 Å². The number of nitrogens with zero attached hydrogens (tertiary/aromatic N) is 4. The Labute approximate surface area is 143 Å². The van der Waals surface area contributed by atoms with Crippen LogP contribution in [0.15, 0.2) is 41.8 Å². The molecule has 1 saturated heterocycles. The van der Waals surface area contributed by atoms with Crippen LogP contribution in [0.5, 0.6) is 6.01 Å². The molecule has 0 N–H and O–H groups in total. The third-order valence-corrected chi connectivity index (χ3v) is 4.57. The molecule has 0 saturated carbocycles. The highest BCUT2D eigenvalue weighted by atomic mass is 35.5. The summed E-state index contributed by atoms with van der Waals surface area (Å²) in [5.74, 6) is 0.517. The zero-order valence-electron chi connectivity index (χ0n) is 12.3. The number of pyridine rings is 1. The Kier molecular flexibility index (Phi) is 5.30. The first kappa shape index (κ1) is 16.0. The third-order valence-electron chi connectivity index (χ3n) is 3.38. The van der Waals surface area contributed by atoms with Gasteiger partial charge in [0.05, 0.1) is 29.7 Å². The van der Waals surface area contributed by atoms with Gasteiger partial charge in [0.25, 0.3) is 0 Å². The van der Waals surface area contributed by atoms with Gasteiger partial charge in [0.2, 0.25) is 5.91 Å². The second kappa shape index (κ2) is 7.61. The molecule has 23 heavy (non-hydrogen) atoms. The van der Waals surface area contributed by atoms with Crippen LogP contribution in [0, 0.1) is 0 Å². The van der Waals surface area contributed by atoms with Crippen molar-refractivity contribution in [2.24, 2.45) is 0 Å². The molecule has 120 valence electrons. The topological polar surface area (TPSA) is 68.2 Å². The van der Waals surface area contributed by atoms with Gasteiger partial charge >= 0.3 is 6.01 Å². The minimum atomic E-state index is -0.0777. The molecule has 0 unspecified atom stereocenters. The van der Waals surface area contributed by atoms with Gasteiger partial charge in [-0.3, -0.25) is 9.78 Å². The molecule has 0 aliphatic carbocycles. The maximum atomic E-state index is 12.2. The monoisotopic (exact) mass is 350 g/mol. The molecule has 8 heteroatoms. The third kappa shape index (κ3) is 4.56. The van der Waals surface area contributed by atoms with Crippen molar-refractivity contribution in [2.75, 3.05) is 18.8 Å². The summed E-state index contributed by atoms with van der Waals surface area (Å²) < 4.78 is 5.68. The molecule has 6 nitrogen and oxygen atoms in total. The lowest BCUT2D eigenvalue weighted by Gasteiger charge is -2.16. The maximum absolute atomic E-state index is 12.2. The van der Waals surface area contributed by atoms with Crippen LogP contribution in [0.4, 0.5) is 0 Å². The van der Waals surface area contributed by atoms with Gasteiger partial charge in [-0.25, -0.2) is 9.97 Å². The van der Waals surface area contributed by atoms with Gasteiger partial charge in [-0.2, -0.15) is 0 Å². The fourth-order valence-electron chi connectivity index (χ4n) is 2.23. The molecule has 1 amide bonds. The van der Waals surface area contributed by atoms with Gasteiger partial charge in [0.15, 0.2) is 0 Å². The Morgan fingerprint density at radius 2 is 2.09 bits per heavy atom. The standard InChI is InChI=1S/C15H15ClN4O2S/c16-11-7-18-15(19-8-11)22-12-3-6-20(9-12)14(21)10-23-13-1-4-17-5-2-13/h1-2,4-5,7-8,12H,3,6,9-10H2/t12-/m0/s1. The molecule has 0 radical (unpaired) electrons. The van der Waals surface area contributed by atoms with Crippen molar-refractivity contribution in [1.29, 1.82) is 0 Å². The minimum absolute atomic E-state index is 0.0777. The van der Waals surface area contributed by atoms with E-state index in [4.69, 9.17) is 16.3 Å². The number of halogens is 1. The van der Waals surface area contributed by atoms with E-state index < -0.39 is 0 Å². The van der Waals surface area contributed by atoms with E-state index in [9.17, 15) is 4.79 Å². The fourth-order valence-corrected chi connectivity index (χ4v) is 3.12. The Morgan fingerprint density at radius 1 is 1.35 bits per heavy atom. The van der Waals surface area contributed by atoms with Crippen LogP contribution in [0.3, 0.4) is 0 Å². The van der Waals surface area contributed by atoms with E-state index in [1.807, 2.05) is 17.0 Å². The van der Waals surface area contributed by atoms with Gasteiger partial charge in [0.1, 0.15) is 6.10 Å². The van der Waals surface area contributed by atoms with Gasteiger partial charge in [-0.15, -0.1) is 11.8 Å². The number of likely N-dealkylation sites (tertiary alicyclic amines) is 1. The Hall–Kier alpha value is -1.86. The second-order valence-corrected chi connectivity index (χ2v) is 6.51. The van der Waals surface area contributed by atoms with Crippen molar-refractivity contribution in [3.8, 4) is 6.01 Å². The zero-order valence-corrected chi connectivity index (χ0v) is 13.8. The molecule has 1 aliphatic rings. The van der Waals surface area contributed by atoms with Gasteiger partial charge in [0, 0.05) is 30.3 Å². The lowest BCUT2D eigenvalue weighted by atomic mass is 10.3. The summed E-state index contributed by atoms with van der Waals surface area (Å²) in [6.45, 7) is 1.25. The minimum Gasteiger partial charge on any atom is -0.458 e. The summed E-state index contributed by atoms with van der Waals surface area (Å²) in [5.41, 5.74) is 0. The number of hydrogen-bond donors (Lipinski definition) is 0. The van der Waals surface area contributed by atoms with Crippen LogP contribution in [-0.2, 0) is 4.79 Å². The predicted molar refractivity (Wildman–Crippen MR) is 87.6 cm³/mol. The van der Waals surface area contributed by atoms with E-state index in [0.717, 1.165) is 11.3 Å². The Morgan fingerprint density at radius 3 is 2.83 bits per heavy atom. The summed E-state index contributed by atoms with van der Waals surface area (Å²) in [6, 6.07) is 4.08. The number of thioether (sulfide) groups is 1. The first-order chi connectivity index (χ1) is 11.2. The number of rotatable bonds is 5. The number of carbonyl (C=O) groups is 1. The Bertz CT molecular complexity index is 656. The van der Waals surface area contributed by atoms with Gasteiger partial charge < -0.3 is 9.64 Å². The first-order valence-corrected chi connectivity index (χ1v) is 8.52. The molecule has 1 atom stereocenters. The number of amides is 1. The average Bonchev–Trinajstić information content (AvgIpc) is 3.04. The second-order valence-electron chi connectivity index (χ2n) is 5.02. The van der Waals surface area contributed by atoms with E-state index in [0.29, 0.717) is 29.9 Å². The number of hydrogen-bond acceptors (Lipinski definition) is 6. The van der Waals surface area contributed by atoms with E-state index >= 15 is 0 Å². The van der Waals surface area contributed by atoms with E-state index in [-0.39, 0.29) is 12.0 Å². The first-order valence-electron chi connectivity index (χ1n) is 7.15. The highest BCUT2D eigenvalue weighted by molar-refractivity contribution is 8.00. The molecule has 0 bridgehead atoms. The van der Waals surface area contributed by atoms with Crippen molar-refractivity contribution in [1.82, 2.24) is 19.9 Å². The summed E-state index contributed by atoms with van der Waals surface area (Å²) in [5, 5.41) is 0.466. The molecule has 0 spiro atoms. The van der Waals surface area contributed by atoms with Crippen molar-refractivity contribution in [3.05, 3.63) is 41.9 Å². The zero-order chi connectivity index (χ0) is 16.1. The Balaban J connectivity index is 1.47. The van der Waals surface area contributed by atoms with Gasteiger partial charge in [-0.05, 0) is 12.1 Å². The van der Waals surface area contributed by atoms with Crippen LogP contribution < -0.4 is 4.74 Å². The molecule has 3 rings (SSSR count). The molecular weight excluding hydrogens is 336 g/mol. The molecule has 0 aromatic carbocycles. The predicted octanol–water partition coefficient (Wildman–Crippen LogP) is 2.30. The van der Waals surface area contributed by atoms with Gasteiger partial charge in [-0.1, -0.05) is 11.6 Å². The highest BCUT2D eigenvalue weighted by Crippen LogP contribution is 2.20. The van der Waals surface area contributed by atoms with Crippen molar-refractivity contribution < 1.29 is 9.53 Å². The van der Waals surface area contributed by atoms with E-state index in [1.165, 1.54) is 24.2 Å². The van der Waals surface area contributed by atoms with Crippen molar-refractivity contribution >= 4 is 29.3 Å². The SMILES string of the molecule is O=C(CSc1ccncc1)N1CC[C@H](Oc2ncc(Cl)cn2)C1. The number of carbonyl (C=O) groups excluding carboxylic acids is 1. The number of aromatic nitrogens is 3. The molecule has 3 heterocycles. The largest absolute Gasteiger partial charge is 0.458 e. The van der Waals surface area contributed by atoms with Crippen LogP contribution in [0.25, 0.3) is 0 Å². The van der Waals surface area contributed by atoms with Crippen molar-refractivity contribution in [3.63, 3.8) is 0 Å². The number of ether oxygens (including phenoxy) is 1. The smallest absolute Gasteiger partial charge is 0.316 e. The molecule has 1 aliphatic heterocycles. The van der Waals surface area contributed by atoms with E-state index in [1.54, 1.807) is 12.4 Å². The fraction of sp³-hybridized carbons (Fsp3) is 0.333. The van der Waals surface area contributed by atoms with Crippen LogP contribution in [0.2, 0.25) is 5.02 Å². The van der Waals surface area contributed by atoms with Crippen molar-refractivity contribution in [2.45, 2.75) is 17.4 Å². The van der Waals surface area contributed by atoms with E-state index in [2.05, 4.69) is 15.0 Å². The van der Waals surface area contributed by atoms with Crippen LogP contribution >= 0.6 is 23.4 Å². The highest BCUT2D eigenvalue weighted by Gasteiger charge is 2.28. The summed E-state index contributed by atoms with van der Waals surface area (Å²) >= 11 is 7.25. The summed E-state index contributed by atoms with van der Waals surface area (Å²) in [4.78, 5) is 27.1. The average molecular weight is 351 g/mol. The molecule has 1 fully saturated rings. The maximum Gasteiger partial charge on any atom is 0.316 e. The normalized spacial score (nSPS) is 17.3. The molecule has 2 aromatic rings. The summed E-state index contributed by atoms with van der Waals surface area (Å²) in [7, 11) is 0. The quantitative estimate of drug-likeness (QED) is 0.771.